The van der Waals surface area contributed by atoms with Crippen molar-refractivity contribution in [3.05, 3.63) is 22.3 Å². The topological polar surface area (TPSA) is 12.4 Å². The van der Waals surface area contributed by atoms with Crippen LogP contribution in [0.3, 0.4) is 0 Å². The molecule has 0 amide bonds. The maximum atomic E-state index is 4.70. The molecule has 1 aromatic rings. The summed E-state index contributed by atoms with van der Waals surface area (Å²) in [5.41, 5.74) is 6.43. The predicted octanol–water partition coefficient (Wildman–Crippen LogP) is -0.146. The summed E-state index contributed by atoms with van der Waals surface area (Å²) in [5.74, 6) is 0. The molecule has 0 fully saturated rings. The van der Waals surface area contributed by atoms with Crippen molar-refractivity contribution >= 4 is 59.0 Å². The molecule has 0 saturated heterocycles. The van der Waals surface area contributed by atoms with Gasteiger partial charge < -0.3 is 0 Å². The first-order valence-electron chi connectivity index (χ1n) is 5.33. The van der Waals surface area contributed by atoms with Gasteiger partial charge in [0.25, 0.3) is 0 Å². The quantitative estimate of drug-likeness (QED) is 0.370. The van der Waals surface area contributed by atoms with E-state index in [0.29, 0.717) is 98.3 Å². The van der Waals surface area contributed by atoms with Crippen LogP contribution >= 0.6 is 0 Å². The van der Waals surface area contributed by atoms with Crippen LogP contribution in [-0.4, -0.2) is 62.8 Å². The van der Waals surface area contributed by atoms with Crippen LogP contribution in [0.1, 0.15) is 22.3 Å². The van der Waals surface area contributed by atoms with Crippen molar-refractivity contribution in [2.45, 2.75) is 20.3 Å². The van der Waals surface area contributed by atoms with Crippen molar-refractivity contribution in [3.8, 4) is 0 Å². The van der Waals surface area contributed by atoms with Crippen molar-refractivity contribution in [2.75, 3.05) is 6.54 Å². The molecule has 0 atom stereocenters. The summed E-state index contributed by atoms with van der Waals surface area (Å²) in [6, 6.07) is 0. The summed E-state index contributed by atoms with van der Waals surface area (Å²) >= 11 is 2.88. The summed E-state index contributed by atoms with van der Waals surface area (Å²) in [6.45, 7) is 5.66. The van der Waals surface area contributed by atoms with Gasteiger partial charge >= 0.3 is 175 Å². The Balaban J connectivity index is 2.83. The SMILES string of the molecule is Cc1c(C)[c]([Re])c2c([c]1[Rb])[C]([RaH])=NCC2. The van der Waals surface area contributed by atoms with Gasteiger partial charge in [0.1, 0.15) is 0 Å². The van der Waals surface area contributed by atoms with Crippen molar-refractivity contribution < 1.29 is 62.0 Å². The molecule has 0 bridgehead atoms. The van der Waals surface area contributed by atoms with Gasteiger partial charge in [-0.2, -0.15) is 0 Å². The Morgan fingerprint density at radius 3 is 2.67 bits per heavy atom. The van der Waals surface area contributed by atoms with Crippen molar-refractivity contribution in [2.24, 2.45) is 4.99 Å². The molecule has 1 aliphatic heterocycles. The van der Waals surface area contributed by atoms with E-state index in [-0.39, 0.29) is 0 Å². The standard InChI is InChI=1S/C11H10N.Ra.Rb.Re.H/c1-8-5-10-3-4-12-7-11(10)6-9(8)2;;;;/h3-4H2,1-2H3;;;;. The Morgan fingerprint density at radius 2 is 2.00 bits per heavy atom. The minimum atomic E-state index is 0.411. The molecule has 1 nitrogen and oxygen atoms in total. The second-order valence-electron chi connectivity index (χ2n) is 4.26. The summed E-state index contributed by atoms with van der Waals surface area (Å²) in [6.07, 6.45) is 1.20. The Morgan fingerprint density at radius 1 is 1.33 bits per heavy atom. The van der Waals surface area contributed by atoms with Crippen molar-refractivity contribution in [1.29, 1.82) is 0 Å². The zero-order chi connectivity index (χ0) is 11.2. The van der Waals surface area contributed by atoms with Gasteiger partial charge in [-0.15, -0.1) is 0 Å². The fourth-order valence-electron chi connectivity index (χ4n) is 2.33. The first kappa shape index (κ1) is 14.2. The van der Waals surface area contributed by atoms with Crippen LogP contribution in [0, 0.1) is 56.6 Å². The van der Waals surface area contributed by atoms with Crippen LogP contribution in [0.2, 0.25) is 0 Å². The first-order chi connectivity index (χ1) is 7.04. The molecule has 0 saturated carbocycles. The van der Waals surface area contributed by atoms with Gasteiger partial charge in [0.15, 0.2) is 0 Å². The van der Waals surface area contributed by atoms with Crippen LogP contribution in [0.5, 0.6) is 0 Å². The molecule has 4 heteroatoms. The molecular formula is C11H11NRaRbRe. The maximum absolute atomic E-state index is 4.70. The zero-order valence-electron chi connectivity index (χ0n) is 9.74. The molecule has 0 spiro atoms. The van der Waals surface area contributed by atoms with Gasteiger partial charge in [0.2, 0.25) is 0 Å². The molecule has 0 unspecified atom stereocenters. The molecule has 2 rings (SSSR count). The van der Waals surface area contributed by atoms with Gasteiger partial charge in [-0.3, -0.25) is 0 Å². The Kier molecular flexibility index (Phi) is 5.56. The number of hydrogen-bond acceptors (Lipinski definition) is 1. The number of nitrogens with zero attached hydrogens (tertiary/aromatic N) is 1. The zero-order valence-corrected chi connectivity index (χ0v) is 25.6. The van der Waals surface area contributed by atoms with Gasteiger partial charge in [-0.25, -0.2) is 0 Å². The third-order valence-corrected chi connectivity index (χ3v) is 11.7. The number of hydrogen-bond donors (Lipinski definition) is 0. The van der Waals surface area contributed by atoms with E-state index in [4.69, 9.17) is 4.99 Å². The molecule has 15 heavy (non-hydrogen) atoms. The summed E-state index contributed by atoms with van der Waals surface area (Å²) in [5, 5.41) is 0. The number of aliphatic imine (C=N–C) groups is 1. The van der Waals surface area contributed by atoms with Crippen LogP contribution < -0.4 is 2.67 Å². The molecule has 1 aliphatic rings. The van der Waals surface area contributed by atoms with E-state index in [0.717, 1.165) is 6.54 Å². The third kappa shape index (κ3) is 2.73. The average Bonchev–Trinajstić information content (AvgIpc) is 2.23. The minimum absolute atomic E-state index is 0.411. The van der Waals surface area contributed by atoms with E-state index in [1.165, 1.54) is 7.17 Å². The molecule has 0 radical (unpaired) electrons. The summed E-state index contributed by atoms with van der Waals surface area (Å²) < 4.78 is 4.81. The van der Waals surface area contributed by atoms with E-state index < -0.39 is 0 Å². The van der Waals surface area contributed by atoms with E-state index >= 15 is 0 Å². The molecule has 70 valence electrons. The first-order valence-corrected chi connectivity index (χ1v) is 13.3. The number of fused-ring (bicyclic) bond motifs is 1. The van der Waals surface area contributed by atoms with Gasteiger partial charge in [0.05, 0.1) is 0 Å². The normalized spacial score (nSPS) is 14.8. The van der Waals surface area contributed by atoms with Crippen molar-refractivity contribution in [3.63, 3.8) is 0 Å². The van der Waals surface area contributed by atoms with Crippen LogP contribution in [0.4, 0.5) is 0 Å². The summed E-state index contributed by atoms with van der Waals surface area (Å²) in [4.78, 5) is 4.70. The Hall–Kier alpha value is 2.83. The Labute approximate surface area is 170 Å². The molecule has 1 heterocycles. The van der Waals surface area contributed by atoms with Crippen molar-refractivity contribution in [1.82, 2.24) is 0 Å². The van der Waals surface area contributed by atoms with Gasteiger partial charge in [-0.1, -0.05) is 0 Å². The summed E-state index contributed by atoms with van der Waals surface area (Å²) in [7, 11) is 0. The predicted molar refractivity (Wildman–Crippen MR) is 57.4 cm³/mol. The van der Waals surface area contributed by atoms with E-state index in [2.05, 4.69) is 13.8 Å². The number of benzene rings is 1. The fourth-order valence-corrected chi connectivity index (χ4v) is 14.8. The average molecular weight is 655 g/mol. The Bertz CT molecular complexity index is 468. The van der Waals surface area contributed by atoms with Gasteiger partial charge in [0, 0.05) is 0 Å². The van der Waals surface area contributed by atoms with Crippen LogP contribution in [0.25, 0.3) is 0 Å². The molecule has 0 aliphatic carbocycles. The number of rotatable bonds is 0. The van der Waals surface area contributed by atoms with Gasteiger partial charge in [-0.05, 0) is 0 Å². The van der Waals surface area contributed by atoms with Crippen LogP contribution in [-0.2, 0) is 25.6 Å². The molecular weight excluding hydrogens is 644 g/mol. The molecule has 0 N–H and O–H groups in total. The monoisotopic (exact) mass is 655 g/mol. The molecule has 0 aromatic heterocycles. The van der Waals surface area contributed by atoms with E-state index in [9.17, 15) is 0 Å². The van der Waals surface area contributed by atoms with E-state index in [1.54, 1.807) is 24.9 Å². The van der Waals surface area contributed by atoms with Crippen LogP contribution in [0.15, 0.2) is 4.99 Å². The molecule has 1 aromatic carbocycles. The fraction of sp³-hybridized carbons (Fsp3) is 0.364. The second kappa shape index (κ2) is 5.86. The third-order valence-electron chi connectivity index (χ3n) is 3.47. The van der Waals surface area contributed by atoms with E-state index in [1.807, 2.05) is 19.2 Å². The second-order valence-corrected chi connectivity index (χ2v) is 12.0.